The first-order chi connectivity index (χ1) is 11.1. The molecule has 0 aromatic heterocycles. The van der Waals surface area contributed by atoms with E-state index in [1.165, 1.54) is 0 Å². The molecular formula is C18H21N3O2. The van der Waals surface area contributed by atoms with Crippen molar-refractivity contribution in [2.75, 3.05) is 11.9 Å². The van der Waals surface area contributed by atoms with Crippen LogP contribution in [-0.2, 0) is 4.79 Å². The van der Waals surface area contributed by atoms with Gasteiger partial charge in [-0.15, -0.1) is 0 Å². The van der Waals surface area contributed by atoms with Crippen LogP contribution in [0.1, 0.15) is 35.3 Å². The first-order valence-electron chi connectivity index (χ1n) is 7.58. The molecule has 0 radical (unpaired) electrons. The molecule has 0 aliphatic heterocycles. The summed E-state index contributed by atoms with van der Waals surface area (Å²) in [5.74, 6) is -0.780. The van der Waals surface area contributed by atoms with Crippen LogP contribution in [0.3, 0.4) is 0 Å². The number of primary amides is 1. The molecule has 0 spiro atoms. The Labute approximate surface area is 135 Å². The van der Waals surface area contributed by atoms with Gasteiger partial charge in [-0.2, -0.15) is 0 Å². The molecule has 5 heteroatoms. The lowest BCUT2D eigenvalue weighted by atomic mass is 10.0. The van der Waals surface area contributed by atoms with Crippen molar-refractivity contribution in [3.63, 3.8) is 0 Å². The van der Waals surface area contributed by atoms with Crippen LogP contribution in [0.15, 0.2) is 54.6 Å². The van der Waals surface area contributed by atoms with Crippen LogP contribution in [0.5, 0.6) is 0 Å². The molecule has 0 bridgehead atoms. The smallest absolute Gasteiger partial charge is 0.250 e. The Morgan fingerprint density at radius 2 is 1.70 bits per heavy atom. The van der Waals surface area contributed by atoms with E-state index < -0.39 is 5.91 Å². The van der Waals surface area contributed by atoms with Gasteiger partial charge in [0.2, 0.25) is 5.91 Å². The molecule has 0 aliphatic rings. The van der Waals surface area contributed by atoms with E-state index in [2.05, 4.69) is 17.6 Å². The summed E-state index contributed by atoms with van der Waals surface area (Å²) < 4.78 is 0. The Morgan fingerprint density at radius 3 is 2.35 bits per heavy atom. The van der Waals surface area contributed by atoms with Crippen LogP contribution in [0.4, 0.5) is 5.69 Å². The van der Waals surface area contributed by atoms with Crippen molar-refractivity contribution < 1.29 is 9.59 Å². The highest BCUT2D eigenvalue weighted by molar-refractivity contribution is 6.03. The largest absolute Gasteiger partial charge is 0.366 e. The number of benzene rings is 2. The van der Waals surface area contributed by atoms with E-state index >= 15 is 0 Å². The highest BCUT2D eigenvalue weighted by Crippen LogP contribution is 2.16. The predicted octanol–water partition coefficient (Wildman–Crippen LogP) is 2.46. The minimum atomic E-state index is -0.565. The lowest BCUT2D eigenvalue weighted by molar-refractivity contribution is -0.115. The first kappa shape index (κ1) is 16.7. The van der Waals surface area contributed by atoms with Gasteiger partial charge in [0.25, 0.3) is 5.91 Å². The highest BCUT2D eigenvalue weighted by atomic mass is 16.2. The number of carbonyl (C=O) groups is 2. The van der Waals surface area contributed by atoms with Crippen LogP contribution < -0.4 is 16.4 Å². The van der Waals surface area contributed by atoms with Crippen LogP contribution in [0.2, 0.25) is 0 Å². The number of rotatable bonds is 7. The molecule has 2 aromatic carbocycles. The fraction of sp³-hybridized carbons (Fsp3) is 0.222. The normalized spacial score (nSPS) is 11.7. The molecule has 1 atom stereocenters. The summed E-state index contributed by atoms with van der Waals surface area (Å²) in [6.07, 6.45) is 0.870. The summed E-state index contributed by atoms with van der Waals surface area (Å²) in [6, 6.07) is 16.8. The van der Waals surface area contributed by atoms with Gasteiger partial charge in [-0.3, -0.25) is 9.59 Å². The van der Waals surface area contributed by atoms with E-state index in [0.29, 0.717) is 11.3 Å². The van der Waals surface area contributed by atoms with Gasteiger partial charge in [-0.1, -0.05) is 49.4 Å². The standard InChI is InChI=1S/C18H21N3O2/c1-2-15(13-8-4-3-5-9-13)20-12-17(22)21-16-11-7-6-10-14(16)18(19)23/h3-11,15,20H,2,12H2,1H3,(H2,19,23)(H,21,22). The molecule has 0 heterocycles. The second kappa shape index (κ2) is 8.10. The minimum Gasteiger partial charge on any atom is -0.366 e. The Bertz CT molecular complexity index is 671. The number of carbonyl (C=O) groups excluding carboxylic acids is 2. The molecule has 0 saturated carbocycles. The van der Waals surface area contributed by atoms with E-state index in [-0.39, 0.29) is 18.5 Å². The Morgan fingerprint density at radius 1 is 1.04 bits per heavy atom. The maximum absolute atomic E-state index is 12.1. The number of nitrogens with two attached hydrogens (primary N) is 1. The van der Waals surface area contributed by atoms with Gasteiger partial charge in [0.05, 0.1) is 17.8 Å². The van der Waals surface area contributed by atoms with Crippen molar-refractivity contribution in [3.8, 4) is 0 Å². The molecule has 2 amide bonds. The van der Waals surface area contributed by atoms with Gasteiger partial charge in [-0.25, -0.2) is 0 Å². The molecule has 0 fully saturated rings. The van der Waals surface area contributed by atoms with E-state index in [9.17, 15) is 9.59 Å². The predicted molar refractivity (Wildman–Crippen MR) is 91.1 cm³/mol. The lowest BCUT2D eigenvalue weighted by Gasteiger charge is -2.17. The fourth-order valence-electron chi connectivity index (χ4n) is 2.40. The Hall–Kier alpha value is -2.66. The van der Waals surface area contributed by atoms with Gasteiger partial charge in [0.1, 0.15) is 0 Å². The average Bonchev–Trinajstić information content (AvgIpc) is 2.56. The second-order valence-electron chi connectivity index (χ2n) is 5.21. The van der Waals surface area contributed by atoms with E-state index in [4.69, 9.17) is 5.73 Å². The van der Waals surface area contributed by atoms with Crippen LogP contribution >= 0.6 is 0 Å². The second-order valence-corrected chi connectivity index (χ2v) is 5.21. The van der Waals surface area contributed by atoms with Crippen LogP contribution in [0, 0.1) is 0 Å². The van der Waals surface area contributed by atoms with Gasteiger partial charge in [-0.05, 0) is 24.1 Å². The molecule has 1 unspecified atom stereocenters. The van der Waals surface area contributed by atoms with Gasteiger partial charge in [0, 0.05) is 6.04 Å². The van der Waals surface area contributed by atoms with Crippen molar-refractivity contribution in [3.05, 3.63) is 65.7 Å². The first-order valence-corrected chi connectivity index (χ1v) is 7.58. The molecule has 0 saturated heterocycles. The number of para-hydroxylation sites is 1. The van der Waals surface area contributed by atoms with Crippen molar-refractivity contribution >= 4 is 17.5 Å². The fourth-order valence-corrected chi connectivity index (χ4v) is 2.40. The highest BCUT2D eigenvalue weighted by Gasteiger charge is 2.13. The van der Waals surface area contributed by atoms with E-state index in [0.717, 1.165) is 12.0 Å². The van der Waals surface area contributed by atoms with Crippen molar-refractivity contribution in [2.45, 2.75) is 19.4 Å². The zero-order valence-electron chi connectivity index (χ0n) is 13.1. The summed E-state index contributed by atoms with van der Waals surface area (Å²) in [7, 11) is 0. The third-order valence-corrected chi connectivity index (χ3v) is 3.59. The number of amides is 2. The monoisotopic (exact) mass is 311 g/mol. The van der Waals surface area contributed by atoms with Gasteiger partial charge < -0.3 is 16.4 Å². The van der Waals surface area contributed by atoms with Crippen molar-refractivity contribution in [1.29, 1.82) is 0 Å². The minimum absolute atomic E-state index is 0.105. The maximum atomic E-state index is 12.1. The molecule has 23 heavy (non-hydrogen) atoms. The summed E-state index contributed by atoms with van der Waals surface area (Å²) >= 11 is 0. The lowest BCUT2D eigenvalue weighted by Crippen LogP contribution is -2.31. The zero-order valence-corrected chi connectivity index (χ0v) is 13.1. The third-order valence-electron chi connectivity index (χ3n) is 3.59. The number of hydrogen-bond donors (Lipinski definition) is 3. The molecule has 2 rings (SSSR count). The number of nitrogens with one attached hydrogen (secondary N) is 2. The van der Waals surface area contributed by atoms with Crippen molar-refractivity contribution in [2.24, 2.45) is 5.73 Å². The quantitative estimate of drug-likeness (QED) is 0.734. The van der Waals surface area contributed by atoms with E-state index in [1.54, 1.807) is 24.3 Å². The molecule has 0 aliphatic carbocycles. The molecule has 4 N–H and O–H groups in total. The number of hydrogen-bond acceptors (Lipinski definition) is 3. The number of anilines is 1. The Balaban J connectivity index is 1.96. The average molecular weight is 311 g/mol. The third kappa shape index (κ3) is 4.66. The summed E-state index contributed by atoms with van der Waals surface area (Å²) in [5.41, 5.74) is 7.18. The summed E-state index contributed by atoms with van der Waals surface area (Å²) in [4.78, 5) is 23.5. The zero-order chi connectivity index (χ0) is 16.7. The summed E-state index contributed by atoms with van der Waals surface area (Å²) in [5, 5.41) is 5.95. The molecule has 5 nitrogen and oxygen atoms in total. The van der Waals surface area contributed by atoms with Crippen LogP contribution in [0.25, 0.3) is 0 Å². The maximum Gasteiger partial charge on any atom is 0.250 e. The molecule has 2 aromatic rings. The van der Waals surface area contributed by atoms with E-state index in [1.807, 2.05) is 30.3 Å². The van der Waals surface area contributed by atoms with Crippen LogP contribution in [-0.4, -0.2) is 18.4 Å². The SMILES string of the molecule is CCC(NCC(=O)Nc1ccccc1C(N)=O)c1ccccc1. The van der Waals surface area contributed by atoms with Crippen molar-refractivity contribution in [1.82, 2.24) is 5.32 Å². The topological polar surface area (TPSA) is 84.2 Å². The van der Waals surface area contributed by atoms with Gasteiger partial charge >= 0.3 is 0 Å². The summed E-state index contributed by atoms with van der Waals surface area (Å²) in [6.45, 7) is 2.21. The molecular weight excluding hydrogens is 290 g/mol. The molecule has 120 valence electrons. The van der Waals surface area contributed by atoms with Gasteiger partial charge in [0.15, 0.2) is 0 Å². The Kier molecular flexibility index (Phi) is 5.88.